The lowest BCUT2D eigenvalue weighted by molar-refractivity contribution is 0.408. The van der Waals surface area contributed by atoms with Gasteiger partial charge in [0.15, 0.2) is 0 Å². The van der Waals surface area contributed by atoms with E-state index in [1.54, 1.807) is 7.11 Å². The molecule has 0 bridgehead atoms. The molecule has 4 N–H and O–H groups in total. The van der Waals surface area contributed by atoms with Gasteiger partial charge >= 0.3 is 0 Å². The van der Waals surface area contributed by atoms with E-state index in [1.807, 2.05) is 19.9 Å². The van der Waals surface area contributed by atoms with Gasteiger partial charge in [-0.15, -0.1) is 0 Å². The fraction of sp³-hybridized carbons (Fsp3) is 0.500. The summed E-state index contributed by atoms with van der Waals surface area (Å²) in [4.78, 5) is 0. The first-order valence-corrected chi connectivity index (χ1v) is 5.96. The van der Waals surface area contributed by atoms with Crippen molar-refractivity contribution in [2.75, 3.05) is 20.3 Å². The maximum Gasteiger partial charge on any atom is 0.122 e. The first-order chi connectivity index (χ1) is 8.11. The molecule has 96 valence electrons. The normalized spacial score (nSPS) is 10.6. The smallest absolute Gasteiger partial charge is 0.122 e. The van der Waals surface area contributed by atoms with Crippen LogP contribution in [0.1, 0.15) is 16.7 Å². The van der Waals surface area contributed by atoms with Crippen LogP contribution in [0.3, 0.4) is 0 Å². The Morgan fingerprint density at radius 3 is 2.71 bits per heavy atom. The zero-order chi connectivity index (χ0) is 12.8. The Bertz CT molecular complexity index is 383. The lowest BCUT2D eigenvalue weighted by Gasteiger charge is -2.15. The van der Waals surface area contributed by atoms with E-state index in [9.17, 15) is 0 Å². The average molecular weight is 258 g/mol. The van der Waals surface area contributed by atoms with Crippen LogP contribution in [0.25, 0.3) is 0 Å². The van der Waals surface area contributed by atoms with E-state index in [0.29, 0.717) is 6.67 Å². The van der Waals surface area contributed by atoms with Crippen LogP contribution in [-0.2, 0) is 6.42 Å². The predicted octanol–water partition coefficient (Wildman–Crippen LogP) is 1.52. The van der Waals surface area contributed by atoms with E-state index in [1.165, 1.54) is 0 Å². The minimum Gasteiger partial charge on any atom is -0.496 e. The number of hydrogen-bond donors (Lipinski definition) is 3. The minimum absolute atomic E-state index is 0.584. The zero-order valence-corrected chi connectivity index (χ0v) is 11.3. The first kappa shape index (κ1) is 14.3. The molecule has 0 saturated carbocycles. The molecule has 0 amide bonds. The second kappa shape index (κ2) is 6.81. The van der Waals surface area contributed by atoms with Crippen molar-refractivity contribution in [1.29, 1.82) is 0 Å². The standard InChI is InChI=1S/C12H20ClN3O/c1-8-6-11(17-3)10(9(2)12(8)13)4-5-15-7-16-14/h6,15-16H,4-5,7,14H2,1-3H3. The molecular formula is C12H20ClN3O. The number of methoxy groups -OCH3 is 1. The molecule has 0 fully saturated rings. The molecule has 0 atom stereocenters. The third-order valence-electron chi connectivity index (χ3n) is 2.77. The van der Waals surface area contributed by atoms with Crippen LogP contribution in [0.15, 0.2) is 6.07 Å². The fourth-order valence-corrected chi connectivity index (χ4v) is 2.00. The van der Waals surface area contributed by atoms with Crippen molar-refractivity contribution in [2.24, 2.45) is 5.84 Å². The number of hydrogen-bond acceptors (Lipinski definition) is 4. The molecule has 0 heterocycles. The van der Waals surface area contributed by atoms with Gasteiger partial charge in [-0.2, -0.15) is 0 Å². The van der Waals surface area contributed by atoms with Gasteiger partial charge in [-0.05, 0) is 43.0 Å². The summed E-state index contributed by atoms with van der Waals surface area (Å²) in [6, 6.07) is 1.98. The van der Waals surface area contributed by atoms with Crippen molar-refractivity contribution in [3.05, 3.63) is 27.8 Å². The van der Waals surface area contributed by atoms with Gasteiger partial charge < -0.3 is 10.1 Å². The summed E-state index contributed by atoms with van der Waals surface area (Å²) in [6.45, 7) is 5.41. The Morgan fingerprint density at radius 1 is 1.41 bits per heavy atom. The Morgan fingerprint density at radius 2 is 2.12 bits per heavy atom. The number of ether oxygens (including phenoxy) is 1. The molecule has 0 aliphatic rings. The molecule has 0 saturated heterocycles. The van der Waals surface area contributed by atoms with Crippen LogP contribution in [0, 0.1) is 13.8 Å². The molecule has 1 rings (SSSR count). The number of hydrazine groups is 1. The van der Waals surface area contributed by atoms with Gasteiger partial charge in [0, 0.05) is 11.6 Å². The highest BCUT2D eigenvalue weighted by Crippen LogP contribution is 2.31. The van der Waals surface area contributed by atoms with E-state index >= 15 is 0 Å². The third-order valence-corrected chi connectivity index (χ3v) is 3.35. The summed E-state index contributed by atoms with van der Waals surface area (Å²) < 4.78 is 5.39. The number of halogens is 1. The van der Waals surface area contributed by atoms with Crippen molar-refractivity contribution in [2.45, 2.75) is 20.3 Å². The molecule has 0 unspecified atom stereocenters. The van der Waals surface area contributed by atoms with Gasteiger partial charge in [0.1, 0.15) is 5.75 Å². The summed E-state index contributed by atoms with van der Waals surface area (Å²) in [7, 11) is 1.68. The molecule has 1 aromatic rings. The van der Waals surface area contributed by atoms with Crippen LogP contribution >= 0.6 is 11.6 Å². The number of nitrogens with one attached hydrogen (secondary N) is 2. The molecule has 0 aromatic heterocycles. The zero-order valence-electron chi connectivity index (χ0n) is 10.6. The lowest BCUT2D eigenvalue weighted by Crippen LogP contribution is -2.34. The van der Waals surface area contributed by atoms with Crippen LogP contribution in [0.5, 0.6) is 5.75 Å². The summed E-state index contributed by atoms with van der Waals surface area (Å²) >= 11 is 6.24. The van der Waals surface area contributed by atoms with Crippen LogP contribution in [-0.4, -0.2) is 20.3 Å². The summed E-state index contributed by atoms with van der Waals surface area (Å²) in [5.74, 6) is 6.07. The summed E-state index contributed by atoms with van der Waals surface area (Å²) in [5, 5.41) is 3.98. The number of benzene rings is 1. The molecule has 0 spiro atoms. The van der Waals surface area contributed by atoms with Gasteiger partial charge in [-0.25, -0.2) is 5.43 Å². The van der Waals surface area contributed by atoms with Crippen LogP contribution < -0.4 is 21.3 Å². The lowest BCUT2D eigenvalue weighted by atomic mass is 10.0. The van der Waals surface area contributed by atoms with Gasteiger partial charge in [0.05, 0.1) is 13.8 Å². The van der Waals surface area contributed by atoms with Gasteiger partial charge in [-0.3, -0.25) is 5.84 Å². The SMILES string of the molecule is COc1cc(C)c(Cl)c(C)c1CCNCNN. The van der Waals surface area contributed by atoms with Crippen molar-refractivity contribution in [1.82, 2.24) is 10.7 Å². The van der Waals surface area contributed by atoms with Crippen molar-refractivity contribution in [3.63, 3.8) is 0 Å². The summed E-state index contributed by atoms with van der Waals surface area (Å²) in [5.41, 5.74) is 5.83. The topological polar surface area (TPSA) is 59.3 Å². The third kappa shape index (κ3) is 3.57. The number of aryl methyl sites for hydroxylation is 1. The Kier molecular flexibility index (Phi) is 5.71. The number of nitrogens with two attached hydrogens (primary N) is 1. The highest BCUT2D eigenvalue weighted by Gasteiger charge is 2.11. The quantitative estimate of drug-likeness (QED) is 0.313. The molecule has 4 nitrogen and oxygen atoms in total. The van der Waals surface area contributed by atoms with Gasteiger partial charge in [0.2, 0.25) is 0 Å². The fourth-order valence-electron chi connectivity index (χ4n) is 1.83. The van der Waals surface area contributed by atoms with Crippen molar-refractivity contribution in [3.8, 4) is 5.75 Å². The van der Waals surface area contributed by atoms with Gasteiger partial charge in [-0.1, -0.05) is 11.6 Å². The van der Waals surface area contributed by atoms with Crippen LogP contribution in [0.2, 0.25) is 5.02 Å². The molecular weight excluding hydrogens is 238 g/mol. The molecule has 17 heavy (non-hydrogen) atoms. The molecule has 0 aliphatic heterocycles. The minimum atomic E-state index is 0.584. The predicted molar refractivity (Wildman–Crippen MR) is 71.4 cm³/mol. The Labute approximate surface area is 107 Å². The average Bonchev–Trinajstić information content (AvgIpc) is 2.33. The summed E-state index contributed by atoms with van der Waals surface area (Å²) in [6.07, 6.45) is 0.858. The van der Waals surface area contributed by atoms with E-state index in [2.05, 4.69) is 10.7 Å². The Hall–Kier alpha value is -0.810. The van der Waals surface area contributed by atoms with E-state index in [-0.39, 0.29) is 0 Å². The van der Waals surface area contributed by atoms with Crippen molar-refractivity contribution >= 4 is 11.6 Å². The van der Waals surface area contributed by atoms with E-state index in [4.69, 9.17) is 22.2 Å². The molecule has 5 heteroatoms. The van der Waals surface area contributed by atoms with E-state index in [0.717, 1.165) is 40.4 Å². The second-order valence-corrected chi connectivity index (χ2v) is 4.32. The van der Waals surface area contributed by atoms with Crippen LogP contribution in [0.4, 0.5) is 0 Å². The van der Waals surface area contributed by atoms with Gasteiger partial charge in [0.25, 0.3) is 0 Å². The maximum absolute atomic E-state index is 6.24. The van der Waals surface area contributed by atoms with Crippen molar-refractivity contribution < 1.29 is 4.74 Å². The number of rotatable bonds is 6. The van der Waals surface area contributed by atoms with E-state index < -0.39 is 0 Å². The molecule has 0 aliphatic carbocycles. The largest absolute Gasteiger partial charge is 0.496 e. The highest BCUT2D eigenvalue weighted by molar-refractivity contribution is 6.32. The molecule has 0 radical (unpaired) electrons. The highest BCUT2D eigenvalue weighted by atomic mass is 35.5. The molecule has 1 aromatic carbocycles. The second-order valence-electron chi connectivity index (χ2n) is 3.94. The maximum atomic E-state index is 6.24. The Balaban J connectivity index is 2.85. The monoisotopic (exact) mass is 257 g/mol. The first-order valence-electron chi connectivity index (χ1n) is 5.58.